The van der Waals surface area contributed by atoms with Crippen LogP contribution in [-0.2, 0) is 4.79 Å². The Hall–Kier alpha value is -1.43. The molecule has 0 saturated carbocycles. The molecule has 0 aromatic heterocycles. The Morgan fingerprint density at radius 1 is 1.44 bits per heavy atom. The van der Waals surface area contributed by atoms with E-state index in [2.05, 4.69) is 5.32 Å². The van der Waals surface area contributed by atoms with Gasteiger partial charge in [-0.3, -0.25) is 4.79 Å². The molecule has 7 heteroatoms. The number of hydrogen-bond donors (Lipinski definition) is 1. The van der Waals surface area contributed by atoms with Crippen molar-refractivity contribution in [3.05, 3.63) is 23.8 Å². The highest BCUT2D eigenvalue weighted by Crippen LogP contribution is 2.37. The van der Waals surface area contributed by atoms with Gasteiger partial charge in [-0.05, 0) is 17.7 Å². The summed E-state index contributed by atoms with van der Waals surface area (Å²) in [7, 11) is 0. The van der Waals surface area contributed by atoms with Crippen molar-refractivity contribution in [2.75, 3.05) is 11.9 Å². The quantitative estimate of drug-likeness (QED) is 0.844. The van der Waals surface area contributed by atoms with Crippen LogP contribution in [0.15, 0.2) is 18.2 Å². The third-order valence-electron chi connectivity index (χ3n) is 2.41. The number of nitrogens with one attached hydrogen (secondary N) is 1. The number of amides is 1. The van der Waals surface area contributed by atoms with Gasteiger partial charge in [-0.25, -0.2) is 0 Å². The number of hydrogen-bond acceptors (Lipinski definition) is 2. The largest absolute Gasteiger partial charge is 0.482 e. The van der Waals surface area contributed by atoms with E-state index in [0.29, 0.717) is 17.0 Å². The van der Waals surface area contributed by atoms with Crippen LogP contribution in [0.5, 0.6) is 5.75 Å². The van der Waals surface area contributed by atoms with Gasteiger partial charge in [-0.1, -0.05) is 6.07 Å². The molecule has 1 aromatic rings. The topological polar surface area (TPSA) is 38.3 Å². The number of halogens is 4. The summed E-state index contributed by atoms with van der Waals surface area (Å²) in [6.07, 6.45) is -5.45. The first-order chi connectivity index (χ1) is 8.35. The molecule has 1 aromatic carbocycles. The Morgan fingerprint density at radius 3 is 2.83 bits per heavy atom. The summed E-state index contributed by atoms with van der Waals surface area (Å²) in [5.41, 5.74) is 0.634. The lowest BCUT2D eigenvalue weighted by Gasteiger charge is -2.20. The molecule has 0 aliphatic carbocycles. The van der Waals surface area contributed by atoms with Crippen molar-refractivity contribution in [1.29, 1.82) is 0 Å². The van der Waals surface area contributed by atoms with Crippen molar-refractivity contribution in [1.82, 2.24) is 0 Å². The maximum Gasteiger partial charge on any atom is 0.390 e. The average molecular weight is 280 g/mol. The van der Waals surface area contributed by atoms with Gasteiger partial charge in [0.05, 0.1) is 17.5 Å². The molecule has 1 amide bonds. The van der Waals surface area contributed by atoms with E-state index >= 15 is 0 Å². The van der Waals surface area contributed by atoms with E-state index in [-0.39, 0.29) is 12.5 Å². The van der Waals surface area contributed by atoms with Gasteiger partial charge in [-0.2, -0.15) is 13.2 Å². The van der Waals surface area contributed by atoms with E-state index in [4.69, 9.17) is 16.3 Å². The summed E-state index contributed by atoms with van der Waals surface area (Å²) >= 11 is 5.70. The zero-order valence-electron chi connectivity index (χ0n) is 9.05. The van der Waals surface area contributed by atoms with E-state index in [1.807, 2.05) is 0 Å². The van der Waals surface area contributed by atoms with Gasteiger partial charge in [-0.15, -0.1) is 11.6 Å². The highest BCUT2D eigenvalue weighted by atomic mass is 35.5. The number of alkyl halides is 4. The Bertz CT molecular complexity index is 476. The van der Waals surface area contributed by atoms with Crippen LogP contribution in [0, 0.1) is 0 Å². The van der Waals surface area contributed by atoms with Crippen LogP contribution in [0.25, 0.3) is 0 Å². The van der Waals surface area contributed by atoms with E-state index < -0.39 is 18.0 Å². The normalized spacial score (nSPS) is 16.6. The van der Waals surface area contributed by atoms with Crippen molar-refractivity contribution >= 4 is 23.2 Å². The van der Waals surface area contributed by atoms with Crippen molar-refractivity contribution in [3.8, 4) is 5.75 Å². The number of carbonyl (C=O) groups excluding carboxylic acids is 1. The molecule has 1 N–H and O–H groups in total. The third-order valence-corrected chi connectivity index (χ3v) is 2.82. The Kier molecular flexibility index (Phi) is 3.38. The minimum absolute atomic E-state index is 0.0980. The van der Waals surface area contributed by atoms with Crippen LogP contribution in [0.4, 0.5) is 18.9 Å². The van der Waals surface area contributed by atoms with Crippen LogP contribution < -0.4 is 10.1 Å². The van der Waals surface area contributed by atoms with E-state index in [1.54, 1.807) is 0 Å². The Labute approximate surface area is 106 Å². The number of carbonyl (C=O) groups is 1. The molecule has 3 nitrogen and oxygen atoms in total. The Morgan fingerprint density at radius 2 is 2.17 bits per heavy atom. The third kappa shape index (κ3) is 3.07. The monoisotopic (exact) mass is 279 g/mol. The van der Waals surface area contributed by atoms with Crippen LogP contribution in [0.2, 0.25) is 0 Å². The van der Waals surface area contributed by atoms with Gasteiger partial charge < -0.3 is 10.1 Å². The van der Waals surface area contributed by atoms with Gasteiger partial charge in [0.2, 0.25) is 0 Å². The molecular weight excluding hydrogens is 271 g/mol. The number of benzene rings is 1. The predicted molar refractivity (Wildman–Crippen MR) is 59.8 cm³/mol. The van der Waals surface area contributed by atoms with Crippen molar-refractivity contribution < 1.29 is 22.7 Å². The van der Waals surface area contributed by atoms with E-state index in [0.717, 1.165) is 0 Å². The smallest absolute Gasteiger partial charge is 0.390 e. The standard InChI is InChI=1S/C11H9ClF3NO2/c12-7(4-11(13,14)15)6-1-2-9-8(3-6)16-10(17)5-18-9/h1-3,7H,4-5H2,(H,16,17). The number of anilines is 1. The number of ether oxygens (including phenoxy) is 1. The highest BCUT2D eigenvalue weighted by Gasteiger charge is 2.32. The van der Waals surface area contributed by atoms with Crippen molar-refractivity contribution in [2.24, 2.45) is 0 Å². The maximum atomic E-state index is 12.2. The molecular formula is C11H9ClF3NO2. The fourth-order valence-electron chi connectivity index (χ4n) is 1.62. The van der Waals surface area contributed by atoms with Gasteiger partial charge in [0.25, 0.3) is 5.91 Å². The molecule has 1 atom stereocenters. The molecule has 1 aliphatic heterocycles. The first-order valence-electron chi connectivity index (χ1n) is 5.12. The zero-order valence-corrected chi connectivity index (χ0v) is 9.81. The van der Waals surface area contributed by atoms with Crippen LogP contribution in [0.1, 0.15) is 17.4 Å². The lowest BCUT2D eigenvalue weighted by atomic mass is 10.1. The SMILES string of the molecule is O=C1COc2ccc(C(Cl)CC(F)(F)F)cc2N1. The molecule has 2 rings (SSSR count). The molecule has 0 saturated heterocycles. The van der Waals surface area contributed by atoms with Crippen LogP contribution in [-0.4, -0.2) is 18.7 Å². The summed E-state index contributed by atoms with van der Waals surface area (Å²) in [6, 6.07) is 4.35. The fourth-order valence-corrected chi connectivity index (χ4v) is 1.93. The van der Waals surface area contributed by atoms with Gasteiger partial charge in [0.15, 0.2) is 6.61 Å². The van der Waals surface area contributed by atoms with Crippen molar-refractivity contribution in [2.45, 2.75) is 18.0 Å². The predicted octanol–water partition coefficient (Wildman–Crippen LogP) is 3.25. The second kappa shape index (κ2) is 4.68. The summed E-state index contributed by atoms with van der Waals surface area (Å²) < 4.78 is 41.7. The molecule has 1 aliphatic rings. The van der Waals surface area contributed by atoms with Gasteiger partial charge >= 0.3 is 6.18 Å². The molecule has 0 spiro atoms. The molecule has 1 unspecified atom stereocenters. The van der Waals surface area contributed by atoms with Gasteiger partial charge in [0, 0.05) is 0 Å². The highest BCUT2D eigenvalue weighted by molar-refractivity contribution is 6.20. The molecule has 0 radical (unpaired) electrons. The second-order valence-corrected chi connectivity index (χ2v) is 4.41. The lowest BCUT2D eigenvalue weighted by Crippen LogP contribution is -2.25. The molecule has 0 fully saturated rings. The number of rotatable bonds is 2. The fraction of sp³-hybridized carbons (Fsp3) is 0.364. The number of fused-ring (bicyclic) bond motifs is 1. The Balaban J connectivity index is 2.20. The average Bonchev–Trinajstić information content (AvgIpc) is 2.25. The summed E-state index contributed by atoms with van der Waals surface area (Å²) in [5.74, 6) is 0.0795. The van der Waals surface area contributed by atoms with E-state index in [9.17, 15) is 18.0 Å². The zero-order chi connectivity index (χ0) is 13.3. The molecule has 98 valence electrons. The second-order valence-electron chi connectivity index (χ2n) is 3.88. The molecule has 0 bridgehead atoms. The summed E-state index contributed by atoms with van der Waals surface area (Å²) in [6.45, 7) is -0.0980. The molecule has 18 heavy (non-hydrogen) atoms. The van der Waals surface area contributed by atoms with Crippen LogP contribution in [0.3, 0.4) is 0 Å². The lowest BCUT2D eigenvalue weighted by molar-refractivity contribution is -0.134. The first kappa shape index (κ1) is 13.0. The maximum absolute atomic E-state index is 12.2. The summed E-state index contributed by atoms with van der Waals surface area (Å²) in [4.78, 5) is 11.1. The van der Waals surface area contributed by atoms with Gasteiger partial charge in [0.1, 0.15) is 5.75 Å². The van der Waals surface area contributed by atoms with Crippen molar-refractivity contribution in [3.63, 3.8) is 0 Å². The van der Waals surface area contributed by atoms with E-state index in [1.165, 1.54) is 18.2 Å². The minimum atomic E-state index is -4.33. The van der Waals surface area contributed by atoms with Crippen LogP contribution >= 0.6 is 11.6 Å². The first-order valence-corrected chi connectivity index (χ1v) is 5.56. The summed E-state index contributed by atoms with van der Waals surface area (Å²) in [5, 5.41) is 1.33. The minimum Gasteiger partial charge on any atom is -0.482 e. The molecule has 1 heterocycles.